The van der Waals surface area contributed by atoms with E-state index in [9.17, 15) is 21.6 Å². The number of aromatic nitrogens is 4. The molecule has 1 aromatic carbocycles. The predicted molar refractivity (Wildman–Crippen MR) is 105 cm³/mol. The van der Waals surface area contributed by atoms with Crippen molar-refractivity contribution in [3.63, 3.8) is 0 Å². The van der Waals surface area contributed by atoms with Crippen LogP contribution in [0.15, 0.2) is 76.7 Å². The van der Waals surface area contributed by atoms with E-state index in [1.165, 1.54) is 36.7 Å². The Kier molecular flexibility index (Phi) is 5.19. The number of alkyl halides is 3. The van der Waals surface area contributed by atoms with Crippen molar-refractivity contribution in [2.45, 2.75) is 11.1 Å². The largest absolute Gasteiger partial charge is 0.471 e. The Morgan fingerprint density at radius 2 is 1.84 bits per heavy atom. The molecule has 3 aromatic heterocycles. The summed E-state index contributed by atoms with van der Waals surface area (Å²) in [7, 11) is -3.88. The molecule has 0 aliphatic rings. The molecule has 0 aliphatic heterocycles. The summed E-state index contributed by atoms with van der Waals surface area (Å²) < 4.78 is 68.6. The van der Waals surface area contributed by atoms with Gasteiger partial charge in [-0.15, -0.1) is 0 Å². The summed E-state index contributed by atoms with van der Waals surface area (Å²) in [5.74, 6) is -1.74. The van der Waals surface area contributed by atoms with Crippen LogP contribution in [-0.4, -0.2) is 27.5 Å². The maximum absolute atomic E-state index is 13.0. The van der Waals surface area contributed by atoms with Crippen molar-refractivity contribution in [1.29, 1.82) is 0 Å². The molecule has 11 heteroatoms. The predicted octanol–water partition coefficient (Wildman–Crippen LogP) is 4.36. The normalized spacial score (nSPS) is 12.5. The minimum Gasteiger partial charge on any atom is -0.329 e. The minimum absolute atomic E-state index is 0.0768. The van der Waals surface area contributed by atoms with Crippen molar-refractivity contribution in [2.24, 2.45) is 0 Å². The molecule has 31 heavy (non-hydrogen) atoms. The van der Waals surface area contributed by atoms with Gasteiger partial charge in [0.2, 0.25) is 0 Å². The second-order valence-corrected chi connectivity index (χ2v) is 8.18. The van der Waals surface area contributed by atoms with Crippen molar-refractivity contribution >= 4 is 22.2 Å². The van der Waals surface area contributed by atoms with Crippen LogP contribution in [0.5, 0.6) is 0 Å². The van der Waals surface area contributed by atoms with Crippen LogP contribution in [0.25, 0.3) is 23.3 Å². The van der Waals surface area contributed by atoms with Gasteiger partial charge in [0.15, 0.2) is 5.82 Å². The van der Waals surface area contributed by atoms with E-state index < -0.39 is 22.1 Å². The zero-order valence-corrected chi connectivity index (χ0v) is 16.4. The van der Waals surface area contributed by atoms with Gasteiger partial charge >= 0.3 is 12.1 Å². The molecule has 158 valence electrons. The average molecular weight is 446 g/mol. The maximum Gasteiger partial charge on any atom is 0.471 e. The highest BCUT2D eigenvalue weighted by atomic mass is 32.2. The molecule has 0 amide bonds. The highest BCUT2D eigenvalue weighted by Crippen LogP contribution is 2.27. The first kappa shape index (κ1) is 20.5. The number of halogens is 3. The van der Waals surface area contributed by atoms with E-state index in [1.807, 2.05) is 6.07 Å². The maximum atomic E-state index is 13.0. The Balaban J connectivity index is 1.58. The lowest BCUT2D eigenvalue weighted by molar-refractivity contribution is -0.159. The van der Waals surface area contributed by atoms with Gasteiger partial charge in [-0.3, -0.25) is 4.98 Å². The topological polar surface area (TPSA) is 90.9 Å². The zero-order valence-electron chi connectivity index (χ0n) is 15.6. The molecule has 0 N–H and O–H groups in total. The van der Waals surface area contributed by atoms with Crippen molar-refractivity contribution in [2.75, 3.05) is 0 Å². The summed E-state index contributed by atoms with van der Waals surface area (Å²) in [4.78, 5) is 7.33. The Morgan fingerprint density at radius 1 is 1.03 bits per heavy atom. The van der Waals surface area contributed by atoms with Crippen molar-refractivity contribution in [1.82, 2.24) is 19.1 Å². The van der Waals surface area contributed by atoms with Gasteiger partial charge in [0, 0.05) is 30.4 Å². The number of pyridine rings is 1. The van der Waals surface area contributed by atoms with Gasteiger partial charge in [0.1, 0.15) is 0 Å². The molecule has 0 aliphatic carbocycles. The van der Waals surface area contributed by atoms with Crippen LogP contribution in [0, 0.1) is 0 Å². The average Bonchev–Trinajstić information content (AvgIpc) is 3.43. The molecule has 0 saturated heterocycles. The summed E-state index contributed by atoms with van der Waals surface area (Å²) in [5.41, 5.74) is 1.89. The fraction of sp³-hybridized carbons (Fsp3) is 0.0500. The first-order valence-corrected chi connectivity index (χ1v) is 10.2. The van der Waals surface area contributed by atoms with Gasteiger partial charge in [-0.1, -0.05) is 23.4 Å². The van der Waals surface area contributed by atoms with E-state index in [0.717, 1.165) is 9.54 Å². The van der Waals surface area contributed by atoms with Crippen LogP contribution in [-0.2, 0) is 16.2 Å². The minimum atomic E-state index is -4.74. The quantitative estimate of drug-likeness (QED) is 0.453. The van der Waals surface area contributed by atoms with Crippen LogP contribution in [0.2, 0.25) is 0 Å². The van der Waals surface area contributed by atoms with E-state index in [-0.39, 0.29) is 10.7 Å². The standard InChI is InChI=1S/C20H13F3N4O3S/c21-20(22,23)19-25-18(26-30-19)7-6-14-8-10-27(13-14)31(28,29)17-5-1-3-15(11-17)16-4-2-9-24-12-16/h1-13H/b7-6+. The van der Waals surface area contributed by atoms with Crippen LogP contribution >= 0.6 is 0 Å². The third-order valence-corrected chi connectivity index (χ3v) is 5.84. The molecule has 0 atom stereocenters. The molecule has 3 heterocycles. The second-order valence-electron chi connectivity index (χ2n) is 6.34. The van der Waals surface area contributed by atoms with Crippen LogP contribution in [0.4, 0.5) is 13.2 Å². The van der Waals surface area contributed by atoms with Crippen LogP contribution < -0.4 is 0 Å². The number of hydrogen-bond acceptors (Lipinski definition) is 6. The highest BCUT2D eigenvalue weighted by Gasteiger charge is 2.38. The molecule has 0 unspecified atom stereocenters. The molecule has 0 fully saturated rings. The van der Waals surface area contributed by atoms with Gasteiger partial charge in [0.05, 0.1) is 4.90 Å². The Morgan fingerprint density at radius 3 is 2.55 bits per heavy atom. The highest BCUT2D eigenvalue weighted by molar-refractivity contribution is 7.90. The molecule has 7 nitrogen and oxygen atoms in total. The number of nitrogens with zero attached hydrogens (tertiary/aromatic N) is 4. The molecule has 4 rings (SSSR count). The lowest BCUT2D eigenvalue weighted by Crippen LogP contribution is -2.10. The van der Waals surface area contributed by atoms with Gasteiger partial charge in [0.25, 0.3) is 10.0 Å². The van der Waals surface area contributed by atoms with Gasteiger partial charge < -0.3 is 4.52 Å². The lowest BCUT2D eigenvalue weighted by atomic mass is 10.1. The van der Waals surface area contributed by atoms with E-state index >= 15 is 0 Å². The van der Waals surface area contributed by atoms with E-state index in [0.29, 0.717) is 11.1 Å². The number of benzene rings is 1. The van der Waals surface area contributed by atoms with E-state index in [1.54, 1.807) is 36.7 Å². The molecule has 4 aromatic rings. The first-order valence-electron chi connectivity index (χ1n) is 8.76. The third-order valence-electron chi connectivity index (χ3n) is 4.20. The fourth-order valence-electron chi connectivity index (χ4n) is 2.72. The molecule has 0 saturated carbocycles. The Bertz CT molecular complexity index is 1340. The van der Waals surface area contributed by atoms with E-state index in [2.05, 4.69) is 19.6 Å². The number of rotatable bonds is 5. The zero-order chi connectivity index (χ0) is 22.1. The Labute approximate surface area is 174 Å². The summed E-state index contributed by atoms with van der Waals surface area (Å²) in [5, 5.41) is 3.22. The van der Waals surface area contributed by atoms with Crippen molar-refractivity contribution in [3.8, 4) is 11.1 Å². The fourth-order valence-corrected chi connectivity index (χ4v) is 3.97. The molecule has 0 radical (unpaired) electrons. The summed E-state index contributed by atoms with van der Waals surface area (Å²) >= 11 is 0. The third kappa shape index (κ3) is 4.40. The van der Waals surface area contributed by atoms with Crippen LogP contribution in [0.3, 0.4) is 0 Å². The number of hydrogen-bond donors (Lipinski definition) is 0. The smallest absolute Gasteiger partial charge is 0.329 e. The van der Waals surface area contributed by atoms with Gasteiger partial charge in [-0.25, -0.2) is 12.4 Å². The lowest BCUT2D eigenvalue weighted by Gasteiger charge is -2.08. The molecule has 0 spiro atoms. The van der Waals surface area contributed by atoms with Crippen molar-refractivity contribution in [3.05, 3.63) is 84.5 Å². The van der Waals surface area contributed by atoms with E-state index in [4.69, 9.17) is 0 Å². The Hall–Kier alpha value is -3.73. The summed E-state index contributed by atoms with van der Waals surface area (Å²) in [6.07, 6.45) is 3.75. The second kappa shape index (κ2) is 7.84. The van der Waals surface area contributed by atoms with Gasteiger partial charge in [-0.05, 0) is 47.5 Å². The summed E-state index contributed by atoms with van der Waals surface area (Å²) in [6, 6.07) is 11.5. The summed E-state index contributed by atoms with van der Waals surface area (Å²) in [6.45, 7) is 0. The molecular formula is C20H13F3N4O3S. The first-order chi connectivity index (χ1) is 14.7. The molecular weight excluding hydrogens is 433 g/mol. The monoisotopic (exact) mass is 446 g/mol. The van der Waals surface area contributed by atoms with Crippen molar-refractivity contribution < 1.29 is 26.1 Å². The van der Waals surface area contributed by atoms with Gasteiger partial charge in [-0.2, -0.15) is 18.2 Å². The molecule has 0 bridgehead atoms. The SMILES string of the molecule is O=S(=O)(c1cccc(-c2cccnc2)c1)n1ccc(/C=C/c2noc(C(F)(F)F)n2)c1. The van der Waals surface area contributed by atoms with Crippen LogP contribution in [0.1, 0.15) is 17.3 Å².